The Labute approximate surface area is 63.6 Å². The molecule has 0 unspecified atom stereocenters. The summed E-state index contributed by atoms with van der Waals surface area (Å²) < 4.78 is 3.08. The third-order valence-electron chi connectivity index (χ3n) is 0.425. The highest BCUT2D eigenvalue weighted by molar-refractivity contribution is 5.74. The minimum Gasteiger partial charge on any atom is -0.449 e. The van der Waals surface area contributed by atoms with Crippen LogP contribution in [-0.4, -0.2) is 22.5 Å². The minimum atomic E-state index is -1.81. The van der Waals surface area contributed by atoms with Crippen LogP contribution in [0.25, 0.3) is 0 Å². The quantitative estimate of drug-likeness (QED) is 0.317. The van der Waals surface area contributed by atoms with Crippen LogP contribution in [0.2, 0.25) is 0 Å². The van der Waals surface area contributed by atoms with E-state index in [1.54, 1.807) is 0 Å². The summed E-state index contributed by atoms with van der Waals surface area (Å²) in [5, 5.41) is 15.0. The lowest BCUT2D eigenvalue weighted by molar-refractivity contribution is 0.0802. The number of hydrogen-bond acceptors (Lipinski definition) is 3. The van der Waals surface area contributed by atoms with Crippen molar-refractivity contribution in [3.05, 3.63) is 0 Å². The van der Waals surface area contributed by atoms with E-state index in [1.165, 1.54) is 0 Å². The lowest BCUT2D eigenvalue weighted by Crippen LogP contribution is -2.05. The highest BCUT2D eigenvalue weighted by atomic mass is 16.7. The number of rotatable bonds is 0. The van der Waals surface area contributed by atoms with E-state index in [4.69, 9.17) is 10.2 Å². The van der Waals surface area contributed by atoms with Crippen molar-refractivity contribution in [3.8, 4) is 11.8 Å². The van der Waals surface area contributed by atoms with Gasteiger partial charge in [-0.05, 0) is 13.8 Å². The Balaban J connectivity index is 0. The van der Waals surface area contributed by atoms with E-state index in [0.717, 1.165) is 0 Å². The summed E-state index contributed by atoms with van der Waals surface area (Å²) in [6.45, 7) is 3.64. The van der Waals surface area contributed by atoms with Crippen molar-refractivity contribution in [1.82, 2.24) is 0 Å². The molecule has 0 atom stereocenters. The van der Waals surface area contributed by atoms with Gasteiger partial charge in [0.05, 0.1) is 0 Å². The van der Waals surface area contributed by atoms with Gasteiger partial charge in [0.15, 0.2) is 0 Å². The average molecular weight is 160 g/mol. The van der Waals surface area contributed by atoms with E-state index in [0.29, 0.717) is 0 Å². The number of hydrogen-bond donors (Lipinski definition) is 2. The average Bonchev–Trinajstić information content (AvgIpc) is 1.85. The van der Waals surface area contributed by atoms with Gasteiger partial charge >= 0.3 is 12.3 Å². The third kappa shape index (κ3) is 30.3. The molecule has 0 amide bonds. The first-order valence-corrected chi connectivity index (χ1v) is 2.51. The molecule has 0 bridgehead atoms. The molecular weight excluding hydrogens is 152 g/mol. The standard InChI is InChI=1S/C4H6.C2H2O5/c1-3-4-2;3-1(4)7-2(5)6/h1-2H3;(H,3,4)(H,5,6). The van der Waals surface area contributed by atoms with Crippen molar-refractivity contribution in [1.29, 1.82) is 0 Å². The Morgan fingerprint density at radius 3 is 1.36 bits per heavy atom. The summed E-state index contributed by atoms with van der Waals surface area (Å²) in [5.41, 5.74) is 0. The SMILES string of the molecule is CC#CC.O=C(O)OC(=O)O. The second-order valence-electron chi connectivity index (χ2n) is 1.13. The van der Waals surface area contributed by atoms with Crippen molar-refractivity contribution < 1.29 is 24.5 Å². The Morgan fingerprint density at radius 1 is 1.09 bits per heavy atom. The minimum absolute atomic E-state index is 1.81. The van der Waals surface area contributed by atoms with E-state index in [-0.39, 0.29) is 0 Å². The monoisotopic (exact) mass is 160 g/mol. The summed E-state index contributed by atoms with van der Waals surface area (Å²) in [4.78, 5) is 18.4. The molecule has 2 N–H and O–H groups in total. The van der Waals surface area contributed by atoms with Crippen molar-refractivity contribution in [2.24, 2.45) is 0 Å². The zero-order chi connectivity index (χ0) is 9.28. The van der Waals surface area contributed by atoms with Crippen molar-refractivity contribution >= 4 is 12.3 Å². The van der Waals surface area contributed by atoms with Gasteiger partial charge in [0.25, 0.3) is 0 Å². The maximum absolute atomic E-state index is 9.21. The first-order chi connectivity index (χ1) is 5.04. The van der Waals surface area contributed by atoms with Crippen LogP contribution in [0.3, 0.4) is 0 Å². The fraction of sp³-hybridized carbons (Fsp3) is 0.333. The lowest BCUT2D eigenvalue weighted by Gasteiger charge is -1.84. The van der Waals surface area contributed by atoms with Crippen LogP contribution in [0, 0.1) is 11.8 Å². The Hall–Kier alpha value is -1.70. The number of carboxylic acid groups (broad SMARTS) is 2. The van der Waals surface area contributed by atoms with Gasteiger partial charge in [0, 0.05) is 0 Å². The van der Waals surface area contributed by atoms with Gasteiger partial charge in [0.2, 0.25) is 0 Å². The van der Waals surface area contributed by atoms with Crippen LogP contribution in [-0.2, 0) is 4.74 Å². The van der Waals surface area contributed by atoms with E-state index < -0.39 is 12.3 Å². The molecule has 0 aromatic heterocycles. The highest BCUT2D eigenvalue weighted by Gasteiger charge is 2.01. The molecule has 0 spiro atoms. The zero-order valence-electron chi connectivity index (χ0n) is 6.12. The topological polar surface area (TPSA) is 83.8 Å². The molecular formula is C6H8O5. The first kappa shape index (κ1) is 12.0. The van der Waals surface area contributed by atoms with Crippen molar-refractivity contribution in [2.75, 3.05) is 0 Å². The summed E-state index contributed by atoms with van der Waals surface area (Å²) >= 11 is 0. The maximum atomic E-state index is 9.21. The second-order valence-corrected chi connectivity index (χ2v) is 1.13. The molecule has 5 nitrogen and oxygen atoms in total. The molecule has 0 heterocycles. The van der Waals surface area contributed by atoms with E-state index in [1.807, 2.05) is 13.8 Å². The van der Waals surface area contributed by atoms with Crippen LogP contribution in [0.5, 0.6) is 0 Å². The normalized spacial score (nSPS) is 6.00. The molecule has 0 fully saturated rings. The maximum Gasteiger partial charge on any atom is 0.516 e. The van der Waals surface area contributed by atoms with Crippen LogP contribution in [0.1, 0.15) is 13.8 Å². The molecule has 0 aromatic carbocycles. The van der Waals surface area contributed by atoms with Gasteiger partial charge in [0.1, 0.15) is 0 Å². The lowest BCUT2D eigenvalue weighted by atomic mass is 10.7. The van der Waals surface area contributed by atoms with Crippen LogP contribution in [0.4, 0.5) is 9.59 Å². The molecule has 0 saturated heterocycles. The van der Waals surface area contributed by atoms with Gasteiger partial charge in [-0.3, -0.25) is 0 Å². The fourth-order valence-electron chi connectivity index (χ4n) is 0.0747. The van der Waals surface area contributed by atoms with Crippen molar-refractivity contribution in [3.63, 3.8) is 0 Å². The van der Waals surface area contributed by atoms with Gasteiger partial charge in [-0.1, -0.05) is 0 Å². The zero-order valence-corrected chi connectivity index (χ0v) is 6.12. The highest BCUT2D eigenvalue weighted by Crippen LogP contribution is 1.73. The Morgan fingerprint density at radius 2 is 1.36 bits per heavy atom. The second kappa shape index (κ2) is 8.30. The Bertz CT molecular complexity index is 167. The van der Waals surface area contributed by atoms with E-state index in [9.17, 15) is 9.59 Å². The molecule has 0 aliphatic rings. The van der Waals surface area contributed by atoms with Gasteiger partial charge in [-0.15, -0.1) is 11.8 Å². The molecule has 0 radical (unpaired) electrons. The first-order valence-electron chi connectivity index (χ1n) is 2.51. The summed E-state index contributed by atoms with van der Waals surface area (Å²) in [5.74, 6) is 5.36. The predicted molar refractivity (Wildman–Crippen MR) is 36.3 cm³/mol. The largest absolute Gasteiger partial charge is 0.516 e. The van der Waals surface area contributed by atoms with Crippen LogP contribution in [0.15, 0.2) is 0 Å². The predicted octanol–water partition coefficient (Wildman–Crippen LogP) is 1.39. The summed E-state index contributed by atoms with van der Waals surface area (Å²) in [7, 11) is 0. The molecule has 0 aromatic rings. The number of carbonyl (C=O) groups is 2. The van der Waals surface area contributed by atoms with Gasteiger partial charge in [-0.25, -0.2) is 9.59 Å². The molecule has 0 saturated carbocycles. The smallest absolute Gasteiger partial charge is 0.449 e. The molecule has 0 rings (SSSR count). The molecule has 11 heavy (non-hydrogen) atoms. The fourth-order valence-corrected chi connectivity index (χ4v) is 0.0747. The molecule has 0 aliphatic carbocycles. The molecule has 5 heteroatoms. The third-order valence-corrected chi connectivity index (χ3v) is 0.425. The summed E-state index contributed by atoms with van der Waals surface area (Å²) in [6, 6.07) is 0. The van der Waals surface area contributed by atoms with Gasteiger partial charge in [-0.2, -0.15) is 0 Å². The molecule has 62 valence electrons. The van der Waals surface area contributed by atoms with Crippen LogP contribution >= 0.6 is 0 Å². The van der Waals surface area contributed by atoms with Crippen LogP contribution < -0.4 is 0 Å². The van der Waals surface area contributed by atoms with Crippen molar-refractivity contribution in [2.45, 2.75) is 13.8 Å². The van der Waals surface area contributed by atoms with E-state index in [2.05, 4.69) is 16.6 Å². The summed E-state index contributed by atoms with van der Waals surface area (Å²) in [6.07, 6.45) is -3.62. The molecule has 0 aliphatic heterocycles. The number of ether oxygens (including phenoxy) is 1. The van der Waals surface area contributed by atoms with E-state index >= 15 is 0 Å². The Kier molecular flexibility index (Phi) is 9.07. The van der Waals surface area contributed by atoms with Gasteiger partial charge < -0.3 is 14.9 Å².